The average molecular weight is 254 g/mol. The lowest BCUT2D eigenvalue weighted by Gasteiger charge is -2.29. The lowest BCUT2D eigenvalue weighted by Crippen LogP contribution is -2.45. The molecular weight excluding hydrogens is 230 g/mol. The first-order valence-corrected chi connectivity index (χ1v) is 6.74. The van der Waals surface area contributed by atoms with Gasteiger partial charge in [0, 0.05) is 17.5 Å². The van der Waals surface area contributed by atoms with Crippen molar-refractivity contribution in [2.45, 2.75) is 58.0 Å². The van der Waals surface area contributed by atoms with Crippen LogP contribution >= 0.6 is 11.6 Å². The zero-order chi connectivity index (χ0) is 13.1. The van der Waals surface area contributed by atoms with Crippen molar-refractivity contribution < 1.29 is 0 Å². The van der Waals surface area contributed by atoms with Crippen molar-refractivity contribution in [3.8, 4) is 0 Å². The molecule has 2 heteroatoms. The molecule has 17 heavy (non-hydrogen) atoms. The molecule has 1 N–H and O–H groups in total. The van der Waals surface area contributed by atoms with Gasteiger partial charge in [-0.1, -0.05) is 38.1 Å². The molecule has 1 aromatic carbocycles. The summed E-state index contributed by atoms with van der Waals surface area (Å²) in [4.78, 5) is 0. The van der Waals surface area contributed by atoms with Crippen molar-refractivity contribution in [3.05, 3.63) is 35.4 Å². The Hall–Kier alpha value is -0.530. The van der Waals surface area contributed by atoms with Gasteiger partial charge < -0.3 is 5.32 Å². The molecule has 0 aromatic heterocycles. The highest BCUT2D eigenvalue weighted by Gasteiger charge is 2.22. The van der Waals surface area contributed by atoms with Crippen LogP contribution in [0.2, 0.25) is 0 Å². The summed E-state index contributed by atoms with van der Waals surface area (Å²) in [7, 11) is 0. The van der Waals surface area contributed by atoms with Gasteiger partial charge in [-0.3, -0.25) is 0 Å². The molecule has 1 atom stereocenters. The molecule has 96 valence electrons. The Kier molecular flexibility index (Phi) is 5.03. The summed E-state index contributed by atoms with van der Waals surface area (Å²) in [6.45, 7) is 11.6. The first kappa shape index (κ1) is 14.5. The van der Waals surface area contributed by atoms with Gasteiger partial charge in [0.15, 0.2) is 0 Å². The largest absolute Gasteiger partial charge is 0.306 e. The van der Waals surface area contributed by atoms with Crippen LogP contribution in [0.4, 0.5) is 0 Å². The van der Waals surface area contributed by atoms with Crippen LogP contribution in [0.25, 0.3) is 0 Å². The van der Waals surface area contributed by atoms with Crippen LogP contribution in [0.5, 0.6) is 0 Å². The zero-order valence-corrected chi connectivity index (χ0v) is 12.3. The summed E-state index contributed by atoms with van der Waals surface area (Å²) >= 11 is 6.14. The highest BCUT2D eigenvalue weighted by atomic mass is 35.5. The summed E-state index contributed by atoms with van der Waals surface area (Å²) in [6.07, 6.45) is 0. The standard InChI is InChI=1S/C15H24ClN/c1-11(2)14-8-6-13(7-9-14)10-17-15(4,5)12(3)16/h6-9,11-12,17H,10H2,1-5H3. The molecular formula is C15H24ClN. The highest BCUT2D eigenvalue weighted by molar-refractivity contribution is 6.21. The van der Waals surface area contributed by atoms with Crippen LogP contribution in [0.15, 0.2) is 24.3 Å². The molecule has 0 heterocycles. The minimum atomic E-state index is -0.0434. The Morgan fingerprint density at radius 1 is 1.12 bits per heavy atom. The van der Waals surface area contributed by atoms with E-state index in [2.05, 4.69) is 57.3 Å². The van der Waals surface area contributed by atoms with Gasteiger partial charge in [0.25, 0.3) is 0 Å². The van der Waals surface area contributed by atoms with E-state index in [1.807, 2.05) is 6.92 Å². The van der Waals surface area contributed by atoms with Crippen molar-refractivity contribution in [1.82, 2.24) is 5.32 Å². The summed E-state index contributed by atoms with van der Waals surface area (Å²) < 4.78 is 0. The molecule has 1 aromatic rings. The van der Waals surface area contributed by atoms with Crippen LogP contribution in [0.1, 0.15) is 51.7 Å². The Labute approximate surface area is 111 Å². The minimum Gasteiger partial charge on any atom is -0.306 e. The van der Waals surface area contributed by atoms with E-state index < -0.39 is 0 Å². The van der Waals surface area contributed by atoms with Crippen LogP contribution in [0.3, 0.4) is 0 Å². The number of hydrogen-bond donors (Lipinski definition) is 1. The van der Waals surface area contributed by atoms with Gasteiger partial charge in [0.2, 0.25) is 0 Å². The van der Waals surface area contributed by atoms with Crippen molar-refractivity contribution in [1.29, 1.82) is 0 Å². The van der Waals surface area contributed by atoms with E-state index in [-0.39, 0.29) is 10.9 Å². The van der Waals surface area contributed by atoms with E-state index in [1.165, 1.54) is 11.1 Å². The zero-order valence-electron chi connectivity index (χ0n) is 11.5. The monoisotopic (exact) mass is 253 g/mol. The maximum absolute atomic E-state index is 6.14. The molecule has 1 nitrogen and oxygen atoms in total. The number of alkyl halides is 1. The molecule has 1 rings (SSSR count). The van der Waals surface area contributed by atoms with Crippen LogP contribution in [-0.4, -0.2) is 10.9 Å². The minimum absolute atomic E-state index is 0.0434. The lowest BCUT2D eigenvalue weighted by atomic mass is 9.99. The number of rotatable bonds is 5. The summed E-state index contributed by atoms with van der Waals surface area (Å²) in [6, 6.07) is 8.80. The topological polar surface area (TPSA) is 12.0 Å². The molecule has 0 radical (unpaired) electrons. The highest BCUT2D eigenvalue weighted by Crippen LogP contribution is 2.17. The predicted octanol–water partition coefficient (Wildman–Crippen LogP) is 4.31. The maximum Gasteiger partial charge on any atom is 0.0484 e. The van der Waals surface area contributed by atoms with Crippen molar-refractivity contribution >= 4 is 11.6 Å². The fourth-order valence-corrected chi connectivity index (χ4v) is 1.57. The number of nitrogens with one attached hydrogen (secondary N) is 1. The Morgan fingerprint density at radius 3 is 2.06 bits per heavy atom. The maximum atomic E-state index is 6.14. The summed E-state index contributed by atoms with van der Waals surface area (Å²) in [5, 5.41) is 3.60. The fourth-order valence-electron chi connectivity index (χ4n) is 1.49. The smallest absolute Gasteiger partial charge is 0.0484 e. The van der Waals surface area contributed by atoms with E-state index in [0.29, 0.717) is 5.92 Å². The number of benzene rings is 1. The quantitative estimate of drug-likeness (QED) is 0.772. The number of halogens is 1. The van der Waals surface area contributed by atoms with Crippen LogP contribution < -0.4 is 5.32 Å². The first-order valence-electron chi connectivity index (χ1n) is 6.31. The second kappa shape index (κ2) is 5.88. The predicted molar refractivity (Wildman–Crippen MR) is 76.8 cm³/mol. The van der Waals surface area contributed by atoms with E-state index in [4.69, 9.17) is 11.6 Å². The first-order chi connectivity index (χ1) is 7.83. The van der Waals surface area contributed by atoms with Gasteiger partial charge >= 0.3 is 0 Å². The fraction of sp³-hybridized carbons (Fsp3) is 0.600. The summed E-state index contributed by atoms with van der Waals surface area (Å²) in [5.74, 6) is 0.594. The van der Waals surface area contributed by atoms with E-state index in [9.17, 15) is 0 Å². The van der Waals surface area contributed by atoms with Gasteiger partial charge in [-0.2, -0.15) is 0 Å². The van der Waals surface area contributed by atoms with E-state index >= 15 is 0 Å². The van der Waals surface area contributed by atoms with Crippen LogP contribution in [-0.2, 0) is 6.54 Å². The van der Waals surface area contributed by atoms with Gasteiger partial charge in [-0.05, 0) is 37.8 Å². The molecule has 0 fully saturated rings. The van der Waals surface area contributed by atoms with Crippen molar-refractivity contribution in [3.63, 3.8) is 0 Å². The molecule has 0 aliphatic rings. The second-order valence-electron chi connectivity index (χ2n) is 5.59. The Morgan fingerprint density at radius 2 is 1.65 bits per heavy atom. The van der Waals surface area contributed by atoms with Crippen molar-refractivity contribution in [2.24, 2.45) is 0 Å². The molecule has 0 saturated carbocycles. The van der Waals surface area contributed by atoms with Gasteiger partial charge in [0.1, 0.15) is 0 Å². The average Bonchev–Trinajstić information content (AvgIpc) is 2.27. The Balaban J connectivity index is 2.59. The molecule has 0 aliphatic carbocycles. The third kappa shape index (κ3) is 4.33. The normalized spacial score (nSPS) is 14.1. The molecule has 1 unspecified atom stereocenters. The third-order valence-electron chi connectivity index (χ3n) is 3.39. The summed E-state index contributed by atoms with van der Waals surface area (Å²) in [5.41, 5.74) is 2.65. The SMILES string of the molecule is CC(C)c1ccc(CNC(C)(C)C(C)Cl)cc1. The van der Waals surface area contributed by atoms with E-state index in [1.54, 1.807) is 0 Å². The molecule has 0 spiro atoms. The lowest BCUT2D eigenvalue weighted by molar-refractivity contribution is 0.380. The van der Waals surface area contributed by atoms with Crippen LogP contribution in [0, 0.1) is 0 Å². The molecule has 0 amide bonds. The number of hydrogen-bond acceptors (Lipinski definition) is 1. The molecule has 0 saturated heterocycles. The second-order valence-corrected chi connectivity index (χ2v) is 6.24. The van der Waals surface area contributed by atoms with Gasteiger partial charge in [-0.25, -0.2) is 0 Å². The molecule has 0 aliphatic heterocycles. The Bertz CT molecular complexity index is 338. The molecule has 0 bridgehead atoms. The third-order valence-corrected chi connectivity index (χ3v) is 3.93. The van der Waals surface area contributed by atoms with Crippen molar-refractivity contribution in [2.75, 3.05) is 0 Å². The van der Waals surface area contributed by atoms with Gasteiger partial charge in [0.05, 0.1) is 0 Å². The van der Waals surface area contributed by atoms with Gasteiger partial charge in [-0.15, -0.1) is 11.6 Å². The van der Waals surface area contributed by atoms with E-state index in [0.717, 1.165) is 6.54 Å².